The summed E-state index contributed by atoms with van der Waals surface area (Å²) in [5, 5.41) is 18.1. The predicted octanol–water partition coefficient (Wildman–Crippen LogP) is 1.27. The Bertz CT molecular complexity index is 688. The van der Waals surface area contributed by atoms with Gasteiger partial charge in [0, 0.05) is 32.0 Å². The average molecular weight is 465 g/mol. The second-order valence-corrected chi connectivity index (χ2v) is 9.89. The summed E-state index contributed by atoms with van der Waals surface area (Å²) in [5.74, 6) is -1.42. The molecule has 3 fully saturated rings. The Labute approximate surface area is 196 Å². The monoisotopic (exact) mass is 464 g/mol. The van der Waals surface area contributed by atoms with Gasteiger partial charge in [0.1, 0.15) is 6.04 Å². The third-order valence-corrected chi connectivity index (χ3v) is 7.44. The summed E-state index contributed by atoms with van der Waals surface area (Å²) in [6.07, 6.45) is 9.74. The number of carboxylic acid groups (broad SMARTS) is 1. The molecule has 3 amide bonds. The van der Waals surface area contributed by atoms with Crippen molar-refractivity contribution in [2.75, 3.05) is 32.7 Å². The number of likely N-dealkylation sites (tertiary alicyclic amines) is 1. The van der Waals surface area contributed by atoms with E-state index in [2.05, 4.69) is 16.0 Å². The zero-order valence-electron chi connectivity index (χ0n) is 19.7. The lowest BCUT2D eigenvalue weighted by atomic mass is 9.88. The van der Waals surface area contributed by atoms with Gasteiger partial charge in [0.2, 0.25) is 17.7 Å². The van der Waals surface area contributed by atoms with Crippen molar-refractivity contribution in [2.45, 2.75) is 76.7 Å². The van der Waals surface area contributed by atoms with Crippen LogP contribution in [0.2, 0.25) is 0 Å². The molecule has 1 aliphatic carbocycles. The molecule has 0 aromatic carbocycles. The predicted molar refractivity (Wildman–Crippen MR) is 123 cm³/mol. The van der Waals surface area contributed by atoms with Gasteiger partial charge in [0.05, 0.1) is 5.92 Å². The Balaban J connectivity index is 1.42. The zero-order chi connectivity index (χ0) is 23.6. The van der Waals surface area contributed by atoms with Crippen LogP contribution in [0, 0.1) is 17.8 Å². The highest BCUT2D eigenvalue weighted by Gasteiger charge is 2.31. The number of hydrogen-bond acceptors (Lipinski definition) is 5. The quantitative estimate of drug-likeness (QED) is 0.407. The van der Waals surface area contributed by atoms with Crippen molar-refractivity contribution in [3.05, 3.63) is 0 Å². The summed E-state index contributed by atoms with van der Waals surface area (Å²) < 4.78 is 0. The minimum absolute atomic E-state index is 0.106. The van der Waals surface area contributed by atoms with E-state index in [9.17, 15) is 24.3 Å². The molecule has 9 nitrogen and oxygen atoms in total. The molecule has 0 bridgehead atoms. The number of amides is 3. The number of nitrogens with one attached hydrogen (secondary N) is 3. The van der Waals surface area contributed by atoms with Gasteiger partial charge < -0.3 is 26.0 Å². The summed E-state index contributed by atoms with van der Waals surface area (Å²) in [6.45, 7) is 2.94. The lowest BCUT2D eigenvalue weighted by Gasteiger charge is -2.33. The molecule has 0 aromatic rings. The smallest absolute Gasteiger partial charge is 0.328 e. The highest BCUT2D eigenvalue weighted by atomic mass is 16.4. The van der Waals surface area contributed by atoms with Crippen molar-refractivity contribution in [1.82, 2.24) is 20.9 Å². The largest absolute Gasteiger partial charge is 0.480 e. The molecule has 0 radical (unpaired) electrons. The minimum atomic E-state index is -1.15. The molecule has 3 aliphatic rings. The summed E-state index contributed by atoms with van der Waals surface area (Å²) in [6, 6.07) is -1.14. The summed E-state index contributed by atoms with van der Waals surface area (Å²) >= 11 is 0. The number of carbonyl (C=O) groups is 4. The fourth-order valence-electron chi connectivity index (χ4n) is 5.28. The maximum Gasteiger partial charge on any atom is 0.328 e. The van der Waals surface area contributed by atoms with Crippen molar-refractivity contribution in [2.24, 2.45) is 17.8 Å². The van der Waals surface area contributed by atoms with Gasteiger partial charge in [-0.3, -0.25) is 14.4 Å². The lowest BCUT2D eigenvalue weighted by molar-refractivity contribution is -0.142. The molecule has 4 N–H and O–H groups in total. The van der Waals surface area contributed by atoms with Crippen LogP contribution in [0.3, 0.4) is 0 Å². The van der Waals surface area contributed by atoms with Crippen molar-refractivity contribution >= 4 is 23.7 Å². The lowest BCUT2D eigenvalue weighted by Crippen LogP contribution is -2.52. The van der Waals surface area contributed by atoms with Crippen LogP contribution in [0.5, 0.6) is 0 Å². The molecular weight excluding hydrogens is 424 g/mol. The fraction of sp³-hybridized carbons (Fsp3) is 0.833. The third-order valence-electron chi connectivity index (χ3n) is 7.44. The Kier molecular flexibility index (Phi) is 9.96. The number of rotatable bonds is 9. The highest BCUT2D eigenvalue weighted by molar-refractivity contribution is 5.86. The molecular formula is C24H40N4O5. The molecule has 2 saturated heterocycles. The van der Waals surface area contributed by atoms with Crippen LogP contribution >= 0.6 is 0 Å². The van der Waals surface area contributed by atoms with Crippen LogP contribution < -0.4 is 16.0 Å². The highest BCUT2D eigenvalue weighted by Crippen LogP contribution is 2.24. The van der Waals surface area contributed by atoms with Gasteiger partial charge in [-0.25, -0.2) is 4.79 Å². The molecule has 33 heavy (non-hydrogen) atoms. The molecule has 9 heteroatoms. The van der Waals surface area contributed by atoms with Gasteiger partial charge in [0.25, 0.3) is 0 Å². The number of piperidine rings is 2. The number of carboxylic acids is 1. The fourth-order valence-corrected chi connectivity index (χ4v) is 5.28. The van der Waals surface area contributed by atoms with Gasteiger partial charge >= 0.3 is 5.97 Å². The summed E-state index contributed by atoms with van der Waals surface area (Å²) in [5.41, 5.74) is 0. The van der Waals surface area contributed by atoms with E-state index in [1.807, 2.05) is 0 Å². The Morgan fingerprint density at radius 2 is 1.61 bits per heavy atom. The first kappa shape index (κ1) is 25.5. The van der Waals surface area contributed by atoms with E-state index in [1.165, 1.54) is 0 Å². The van der Waals surface area contributed by atoms with E-state index in [-0.39, 0.29) is 36.1 Å². The van der Waals surface area contributed by atoms with Crippen molar-refractivity contribution in [1.29, 1.82) is 0 Å². The van der Waals surface area contributed by atoms with Crippen LogP contribution in [-0.4, -0.2) is 72.5 Å². The molecule has 1 unspecified atom stereocenters. The van der Waals surface area contributed by atoms with Crippen molar-refractivity contribution in [3.8, 4) is 0 Å². The Morgan fingerprint density at radius 3 is 2.30 bits per heavy atom. The number of nitrogens with zero attached hydrogens (tertiary/aromatic N) is 1. The standard InChI is InChI=1S/C24H40N4O5/c29-21(9-8-17-10-12-25-13-11-17)28-14-4-7-19(16-28)22(30)26-15-20(24(32)33)27-23(31)18-5-2-1-3-6-18/h17-20,25H,1-16H2,(H,26,30)(H,27,31)(H,32,33)/t19-,20?/m1/s1. The number of hydrogen-bond donors (Lipinski definition) is 4. The SMILES string of the molecule is O=C(NC(CNC(=O)[C@@H]1CCCN(C(=O)CCC2CCNCC2)C1)C(=O)O)C1CCCCC1. The first-order valence-electron chi connectivity index (χ1n) is 12.7. The van der Waals surface area contributed by atoms with E-state index in [0.717, 1.165) is 70.9 Å². The topological polar surface area (TPSA) is 128 Å². The van der Waals surface area contributed by atoms with Gasteiger partial charge in [-0.2, -0.15) is 0 Å². The van der Waals surface area contributed by atoms with E-state index in [4.69, 9.17) is 0 Å². The van der Waals surface area contributed by atoms with Crippen LogP contribution in [-0.2, 0) is 19.2 Å². The van der Waals surface area contributed by atoms with Crippen LogP contribution in [0.15, 0.2) is 0 Å². The van der Waals surface area contributed by atoms with E-state index >= 15 is 0 Å². The summed E-state index contributed by atoms with van der Waals surface area (Å²) in [7, 11) is 0. The molecule has 0 aromatic heterocycles. The second-order valence-electron chi connectivity index (χ2n) is 9.89. The second kappa shape index (κ2) is 12.9. The molecule has 2 atom stereocenters. The van der Waals surface area contributed by atoms with Crippen molar-refractivity contribution < 1.29 is 24.3 Å². The van der Waals surface area contributed by atoms with Gasteiger partial charge in [-0.05, 0) is 64.0 Å². The molecule has 1 saturated carbocycles. The molecule has 2 heterocycles. The van der Waals surface area contributed by atoms with E-state index < -0.39 is 12.0 Å². The first-order valence-corrected chi connectivity index (χ1v) is 12.7. The normalized spacial score (nSPS) is 23.5. The van der Waals surface area contributed by atoms with E-state index in [0.29, 0.717) is 31.8 Å². The Morgan fingerprint density at radius 1 is 0.909 bits per heavy atom. The third kappa shape index (κ3) is 7.98. The van der Waals surface area contributed by atoms with Gasteiger partial charge in [-0.1, -0.05) is 19.3 Å². The maximum atomic E-state index is 12.7. The minimum Gasteiger partial charge on any atom is -0.480 e. The van der Waals surface area contributed by atoms with Crippen LogP contribution in [0.25, 0.3) is 0 Å². The molecule has 186 valence electrons. The Hall–Kier alpha value is -2.16. The van der Waals surface area contributed by atoms with Gasteiger partial charge in [0.15, 0.2) is 0 Å². The van der Waals surface area contributed by atoms with Crippen LogP contribution in [0.4, 0.5) is 0 Å². The average Bonchev–Trinajstić information content (AvgIpc) is 2.85. The van der Waals surface area contributed by atoms with Gasteiger partial charge in [-0.15, -0.1) is 0 Å². The van der Waals surface area contributed by atoms with Crippen molar-refractivity contribution in [3.63, 3.8) is 0 Å². The number of carbonyl (C=O) groups excluding carboxylic acids is 3. The first-order chi connectivity index (χ1) is 15.9. The van der Waals surface area contributed by atoms with Crippen LogP contribution in [0.1, 0.15) is 70.6 Å². The maximum absolute atomic E-state index is 12.7. The molecule has 2 aliphatic heterocycles. The zero-order valence-corrected chi connectivity index (χ0v) is 19.7. The molecule has 0 spiro atoms. The molecule has 3 rings (SSSR count). The summed E-state index contributed by atoms with van der Waals surface area (Å²) in [4.78, 5) is 51.2. The van der Waals surface area contributed by atoms with E-state index in [1.54, 1.807) is 4.90 Å². The number of aliphatic carboxylic acids is 1.